The van der Waals surface area contributed by atoms with Gasteiger partial charge in [0.1, 0.15) is 0 Å². The number of carbonyl (C=O) groups is 1. The fraction of sp³-hybridized carbons (Fsp3) is 0.409. The molecule has 0 N–H and O–H groups in total. The van der Waals surface area contributed by atoms with Crippen LogP contribution in [0.15, 0.2) is 59.5 Å². The van der Waals surface area contributed by atoms with E-state index in [0.29, 0.717) is 18.8 Å². The van der Waals surface area contributed by atoms with Gasteiger partial charge < -0.3 is 9.80 Å². The number of piperazine rings is 1. The van der Waals surface area contributed by atoms with Crippen molar-refractivity contribution in [1.29, 1.82) is 0 Å². The molecule has 156 valence electrons. The maximum Gasteiger partial charge on any atom is 0.264 e. The standard InChI is InChI=1S/C22H29N3O3S/c1-3-23-15-17-24(18-16-23)22(26)13-14-25(20-7-5-4-6-8-20)29(27,28)21-11-9-19(2)10-12-21/h4-12H,3,13-18H2,1-2H3. The summed E-state index contributed by atoms with van der Waals surface area (Å²) in [5.41, 5.74) is 1.56. The van der Waals surface area contributed by atoms with E-state index in [1.165, 1.54) is 4.31 Å². The highest BCUT2D eigenvalue weighted by molar-refractivity contribution is 7.92. The van der Waals surface area contributed by atoms with Crippen LogP contribution in [0.5, 0.6) is 0 Å². The van der Waals surface area contributed by atoms with Crippen molar-refractivity contribution in [2.45, 2.75) is 25.2 Å². The molecular weight excluding hydrogens is 386 g/mol. The first-order chi connectivity index (χ1) is 13.9. The molecule has 1 aliphatic rings. The SMILES string of the molecule is CCN1CCN(C(=O)CCN(c2ccccc2)S(=O)(=O)c2ccc(C)cc2)CC1. The van der Waals surface area contributed by atoms with Gasteiger partial charge in [0.2, 0.25) is 5.91 Å². The maximum absolute atomic E-state index is 13.3. The average molecular weight is 416 g/mol. The number of sulfonamides is 1. The lowest BCUT2D eigenvalue weighted by Gasteiger charge is -2.34. The minimum atomic E-state index is -3.76. The number of hydrogen-bond acceptors (Lipinski definition) is 4. The number of amides is 1. The second-order valence-electron chi connectivity index (χ2n) is 7.29. The summed E-state index contributed by atoms with van der Waals surface area (Å²) in [5.74, 6) is 0.000732. The van der Waals surface area contributed by atoms with E-state index in [1.807, 2.05) is 17.9 Å². The van der Waals surface area contributed by atoms with Crippen LogP contribution < -0.4 is 4.31 Å². The monoisotopic (exact) mass is 415 g/mol. The van der Waals surface area contributed by atoms with E-state index < -0.39 is 10.0 Å². The van der Waals surface area contributed by atoms with Crippen molar-refractivity contribution in [3.05, 3.63) is 60.2 Å². The van der Waals surface area contributed by atoms with Crippen molar-refractivity contribution in [1.82, 2.24) is 9.80 Å². The first-order valence-corrected chi connectivity index (χ1v) is 11.5. The molecule has 0 bridgehead atoms. The van der Waals surface area contributed by atoms with Crippen molar-refractivity contribution in [2.75, 3.05) is 43.6 Å². The Bertz CT molecular complexity index is 906. The van der Waals surface area contributed by atoms with Gasteiger partial charge in [0.05, 0.1) is 10.6 Å². The summed E-state index contributed by atoms with van der Waals surface area (Å²) in [7, 11) is -3.76. The summed E-state index contributed by atoms with van der Waals surface area (Å²) in [6.45, 7) is 8.27. The Morgan fingerprint density at radius 3 is 2.17 bits per heavy atom. The van der Waals surface area contributed by atoms with Crippen molar-refractivity contribution >= 4 is 21.6 Å². The maximum atomic E-state index is 13.3. The van der Waals surface area contributed by atoms with Gasteiger partial charge in [-0.25, -0.2) is 8.42 Å². The predicted molar refractivity (Wildman–Crippen MR) is 115 cm³/mol. The smallest absolute Gasteiger partial charge is 0.264 e. The molecule has 1 aliphatic heterocycles. The van der Waals surface area contributed by atoms with Gasteiger partial charge in [-0.15, -0.1) is 0 Å². The third kappa shape index (κ3) is 5.16. The number of carbonyl (C=O) groups excluding carboxylic acids is 1. The van der Waals surface area contributed by atoms with Gasteiger partial charge in [-0.05, 0) is 37.7 Å². The van der Waals surface area contributed by atoms with Crippen LogP contribution in [0.25, 0.3) is 0 Å². The van der Waals surface area contributed by atoms with Crippen molar-refractivity contribution in [3.8, 4) is 0 Å². The van der Waals surface area contributed by atoms with Crippen LogP contribution in [0.1, 0.15) is 18.9 Å². The Morgan fingerprint density at radius 1 is 0.966 bits per heavy atom. The molecule has 29 heavy (non-hydrogen) atoms. The van der Waals surface area contributed by atoms with Crippen LogP contribution in [0.4, 0.5) is 5.69 Å². The van der Waals surface area contributed by atoms with Gasteiger partial charge in [0, 0.05) is 39.1 Å². The van der Waals surface area contributed by atoms with E-state index in [-0.39, 0.29) is 23.8 Å². The molecule has 3 rings (SSSR count). The minimum Gasteiger partial charge on any atom is -0.340 e. The van der Waals surface area contributed by atoms with Crippen molar-refractivity contribution < 1.29 is 13.2 Å². The summed E-state index contributed by atoms with van der Waals surface area (Å²) in [4.78, 5) is 17.1. The largest absolute Gasteiger partial charge is 0.340 e. The highest BCUT2D eigenvalue weighted by Crippen LogP contribution is 2.24. The van der Waals surface area contributed by atoms with E-state index in [9.17, 15) is 13.2 Å². The molecule has 0 saturated carbocycles. The lowest BCUT2D eigenvalue weighted by Crippen LogP contribution is -2.49. The normalized spacial score (nSPS) is 15.3. The highest BCUT2D eigenvalue weighted by atomic mass is 32.2. The van der Waals surface area contributed by atoms with E-state index >= 15 is 0 Å². The molecule has 2 aromatic rings. The third-order valence-electron chi connectivity index (χ3n) is 5.35. The molecule has 0 spiro atoms. The Hall–Kier alpha value is -2.38. The van der Waals surface area contributed by atoms with Crippen LogP contribution >= 0.6 is 0 Å². The van der Waals surface area contributed by atoms with Crippen molar-refractivity contribution in [3.63, 3.8) is 0 Å². The number of benzene rings is 2. The summed E-state index contributed by atoms with van der Waals surface area (Å²) in [6, 6.07) is 15.8. The molecule has 2 aromatic carbocycles. The summed E-state index contributed by atoms with van der Waals surface area (Å²) < 4.78 is 28.0. The predicted octanol–water partition coefficient (Wildman–Crippen LogP) is 2.74. The number of nitrogens with zero attached hydrogens (tertiary/aromatic N) is 3. The second kappa shape index (κ2) is 9.41. The molecule has 1 heterocycles. The zero-order valence-corrected chi connectivity index (χ0v) is 17.9. The Labute approximate surface area is 173 Å². The van der Waals surface area contributed by atoms with Gasteiger partial charge in [-0.3, -0.25) is 9.10 Å². The number of para-hydroxylation sites is 1. The molecule has 0 aromatic heterocycles. The molecule has 0 radical (unpaired) electrons. The highest BCUT2D eigenvalue weighted by Gasteiger charge is 2.27. The third-order valence-corrected chi connectivity index (χ3v) is 7.20. The van der Waals surface area contributed by atoms with Crippen molar-refractivity contribution in [2.24, 2.45) is 0 Å². The molecule has 0 aliphatic carbocycles. The van der Waals surface area contributed by atoms with Crippen LogP contribution in [0.3, 0.4) is 0 Å². The summed E-state index contributed by atoms with van der Waals surface area (Å²) in [5, 5.41) is 0. The zero-order chi connectivity index (χ0) is 20.9. The topological polar surface area (TPSA) is 60.9 Å². The van der Waals surface area contributed by atoms with Crippen LogP contribution in [-0.2, 0) is 14.8 Å². The Morgan fingerprint density at radius 2 is 1.59 bits per heavy atom. The molecule has 6 nitrogen and oxygen atoms in total. The first-order valence-electron chi connectivity index (χ1n) is 10.1. The van der Waals surface area contributed by atoms with E-state index in [1.54, 1.807) is 48.5 Å². The fourth-order valence-corrected chi connectivity index (χ4v) is 4.95. The number of anilines is 1. The lowest BCUT2D eigenvalue weighted by atomic mass is 10.2. The Balaban J connectivity index is 1.76. The zero-order valence-electron chi connectivity index (χ0n) is 17.1. The van der Waals surface area contributed by atoms with Gasteiger partial charge >= 0.3 is 0 Å². The average Bonchev–Trinajstić information content (AvgIpc) is 2.74. The summed E-state index contributed by atoms with van der Waals surface area (Å²) >= 11 is 0. The van der Waals surface area contributed by atoms with Gasteiger partial charge in [0.25, 0.3) is 10.0 Å². The molecule has 7 heteroatoms. The number of aryl methyl sites for hydroxylation is 1. The number of likely N-dealkylation sites (N-methyl/N-ethyl adjacent to an activating group) is 1. The van der Waals surface area contributed by atoms with Gasteiger partial charge in [-0.1, -0.05) is 42.8 Å². The van der Waals surface area contributed by atoms with Crippen LogP contribution in [0.2, 0.25) is 0 Å². The van der Waals surface area contributed by atoms with Crippen LogP contribution in [-0.4, -0.2) is 63.4 Å². The van der Waals surface area contributed by atoms with Gasteiger partial charge in [-0.2, -0.15) is 0 Å². The quantitative estimate of drug-likeness (QED) is 0.698. The Kier molecular flexibility index (Phi) is 6.92. The van der Waals surface area contributed by atoms with E-state index in [2.05, 4.69) is 11.8 Å². The molecule has 1 amide bonds. The van der Waals surface area contributed by atoms with Gasteiger partial charge in [0.15, 0.2) is 0 Å². The van der Waals surface area contributed by atoms with E-state index in [0.717, 1.165) is 25.2 Å². The minimum absolute atomic E-state index is 0.000732. The van der Waals surface area contributed by atoms with Crippen LogP contribution in [0, 0.1) is 6.92 Å². The lowest BCUT2D eigenvalue weighted by molar-refractivity contribution is -0.132. The molecular formula is C22H29N3O3S. The number of rotatable bonds is 7. The fourth-order valence-electron chi connectivity index (χ4n) is 3.49. The molecule has 0 unspecified atom stereocenters. The second-order valence-corrected chi connectivity index (χ2v) is 9.15. The molecule has 1 fully saturated rings. The number of hydrogen-bond donors (Lipinski definition) is 0. The summed E-state index contributed by atoms with van der Waals surface area (Å²) in [6.07, 6.45) is 0.159. The molecule has 1 saturated heterocycles. The molecule has 0 atom stereocenters. The first kappa shape index (κ1) is 21.3. The van der Waals surface area contributed by atoms with E-state index in [4.69, 9.17) is 0 Å².